The maximum Gasteiger partial charge on any atom is 0.418 e. The van der Waals surface area contributed by atoms with E-state index in [0.717, 1.165) is 0 Å². The summed E-state index contributed by atoms with van der Waals surface area (Å²) in [4.78, 5) is 12.1. The fourth-order valence-corrected chi connectivity index (χ4v) is 2.96. The second-order valence-corrected chi connectivity index (χ2v) is 7.37. The zero-order valence-corrected chi connectivity index (χ0v) is 14.6. The molecule has 6 nitrogen and oxygen atoms in total. The van der Waals surface area contributed by atoms with Gasteiger partial charge in [0.1, 0.15) is 5.60 Å². The summed E-state index contributed by atoms with van der Waals surface area (Å²) in [5.74, 6) is 1.36. The van der Waals surface area contributed by atoms with Crippen molar-refractivity contribution < 1.29 is 23.1 Å². The topological polar surface area (TPSA) is 66.8 Å². The SMILES string of the molecule is CCOP(=O)(/C=C/c1cccn1C(=O)OC(C)(C)C)OCC. The minimum atomic E-state index is -3.30. The van der Waals surface area contributed by atoms with Crippen LogP contribution in [0.1, 0.15) is 40.3 Å². The monoisotopic (exact) mass is 329 g/mol. The van der Waals surface area contributed by atoms with Crippen LogP contribution in [0.2, 0.25) is 0 Å². The molecule has 0 amide bonds. The van der Waals surface area contributed by atoms with Crippen molar-refractivity contribution in [1.29, 1.82) is 0 Å². The molecule has 1 aromatic rings. The van der Waals surface area contributed by atoms with Gasteiger partial charge in [-0.3, -0.25) is 9.13 Å². The number of nitrogens with zero attached hydrogens (tertiary/aromatic N) is 1. The van der Waals surface area contributed by atoms with Gasteiger partial charge in [-0.25, -0.2) is 4.79 Å². The average molecular weight is 329 g/mol. The van der Waals surface area contributed by atoms with E-state index in [0.29, 0.717) is 5.69 Å². The highest BCUT2D eigenvalue weighted by atomic mass is 31.2. The molecule has 7 heteroatoms. The molecule has 0 aliphatic rings. The quantitative estimate of drug-likeness (QED) is 0.718. The van der Waals surface area contributed by atoms with Crippen LogP contribution >= 0.6 is 7.60 Å². The van der Waals surface area contributed by atoms with Gasteiger partial charge in [0, 0.05) is 12.0 Å². The summed E-state index contributed by atoms with van der Waals surface area (Å²) in [6, 6.07) is 3.42. The van der Waals surface area contributed by atoms with Crippen molar-refractivity contribution >= 4 is 19.8 Å². The third kappa shape index (κ3) is 5.79. The summed E-state index contributed by atoms with van der Waals surface area (Å²) in [6.45, 7) is 9.40. The van der Waals surface area contributed by atoms with Gasteiger partial charge in [0.2, 0.25) is 0 Å². The Morgan fingerprint density at radius 1 is 1.27 bits per heavy atom. The Kier molecular flexibility index (Phi) is 6.60. The first kappa shape index (κ1) is 18.7. The van der Waals surface area contributed by atoms with Gasteiger partial charge in [-0.2, -0.15) is 0 Å². The second kappa shape index (κ2) is 7.77. The first-order valence-corrected chi connectivity index (χ1v) is 8.80. The molecule has 0 saturated heterocycles. The Hall–Kier alpha value is -1.36. The largest absolute Gasteiger partial charge is 0.443 e. The van der Waals surface area contributed by atoms with E-state index in [1.54, 1.807) is 52.9 Å². The lowest BCUT2D eigenvalue weighted by Crippen LogP contribution is -2.27. The molecular formula is C15H24NO5P. The summed E-state index contributed by atoms with van der Waals surface area (Å²) in [5.41, 5.74) is -0.0530. The van der Waals surface area contributed by atoms with Crippen molar-refractivity contribution in [3.8, 4) is 0 Å². The van der Waals surface area contributed by atoms with Gasteiger partial charge in [0.05, 0.1) is 18.9 Å². The molecule has 0 saturated carbocycles. The lowest BCUT2D eigenvalue weighted by atomic mass is 10.2. The average Bonchev–Trinajstić information content (AvgIpc) is 2.83. The van der Waals surface area contributed by atoms with Gasteiger partial charge < -0.3 is 13.8 Å². The molecule has 0 N–H and O–H groups in total. The predicted octanol–water partition coefficient (Wildman–Crippen LogP) is 4.51. The highest BCUT2D eigenvalue weighted by Gasteiger charge is 2.21. The molecule has 0 aliphatic heterocycles. The Labute approximate surface area is 131 Å². The van der Waals surface area contributed by atoms with Crippen molar-refractivity contribution in [2.24, 2.45) is 0 Å². The minimum Gasteiger partial charge on any atom is -0.443 e. The van der Waals surface area contributed by atoms with E-state index in [-0.39, 0.29) is 13.2 Å². The highest BCUT2D eigenvalue weighted by Crippen LogP contribution is 2.50. The standard InChI is InChI=1S/C15H24NO5P/c1-6-19-22(18,20-7-2)12-10-13-9-8-11-16(13)14(17)21-15(3,4)5/h8-12H,6-7H2,1-5H3/b12-10+. The Balaban J connectivity index is 2.95. The molecule has 0 aromatic carbocycles. The lowest BCUT2D eigenvalue weighted by Gasteiger charge is -2.20. The first-order valence-electron chi connectivity index (χ1n) is 7.19. The molecule has 0 aliphatic carbocycles. The molecule has 0 bridgehead atoms. The maximum atomic E-state index is 12.4. The van der Waals surface area contributed by atoms with E-state index < -0.39 is 19.3 Å². The Morgan fingerprint density at radius 3 is 2.36 bits per heavy atom. The fraction of sp³-hybridized carbons (Fsp3) is 0.533. The van der Waals surface area contributed by atoms with Crippen LogP contribution in [0.15, 0.2) is 24.1 Å². The van der Waals surface area contributed by atoms with E-state index in [9.17, 15) is 9.36 Å². The Morgan fingerprint density at radius 2 is 1.86 bits per heavy atom. The summed E-state index contributed by atoms with van der Waals surface area (Å²) >= 11 is 0. The van der Waals surface area contributed by atoms with Gasteiger partial charge in [-0.05, 0) is 52.8 Å². The van der Waals surface area contributed by atoms with E-state index in [4.69, 9.17) is 13.8 Å². The second-order valence-electron chi connectivity index (χ2n) is 5.47. The van der Waals surface area contributed by atoms with Crippen LogP contribution in [0.5, 0.6) is 0 Å². The third-order valence-electron chi connectivity index (χ3n) is 2.42. The van der Waals surface area contributed by atoms with E-state index in [1.807, 2.05) is 0 Å². The van der Waals surface area contributed by atoms with Crippen LogP contribution in [0, 0.1) is 0 Å². The van der Waals surface area contributed by atoms with Crippen molar-refractivity contribution in [2.45, 2.75) is 40.2 Å². The van der Waals surface area contributed by atoms with Gasteiger partial charge in [-0.15, -0.1) is 0 Å². The zero-order chi connectivity index (χ0) is 16.8. The molecule has 1 aromatic heterocycles. The van der Waals surface area contributed by atoms with Crippen LogP contribution < -0.4 is 0 Å². The number of carbonyl (C=O) groups excluding carboxylic acids is 1. The van der Waals surface area contributed by atoms with Crippen LogP contribution in [0.3, 0.4) is 0 Å². The van der Waals surface area contributed by atoms with Crippen molar-refractivity contribution in [3.05, 3.63) is 29.8 Å². The Bertz CT molecular complexity index is 561. The van der Waals surface area contributed by atoms with Crippen molar-refractivity contribution in [2.75, 3.05) is 13.2 Å². The number of rotatable bonds is 6. The van der Waals surface area contributed by atoms with Crippen molar-refractivity contribution in [1.82, 2.24) is 4.57 Å². The normalized spacial score (nSPS) is 12.8. The van der Waals surface area contributed by atoms with Crippen LogP contribution in [-0.2, 0) is 18.3 Å². The highest BCUT2D eigenvalue weighted by molar-refractivity contribution is 7.57. The van der Waals surface area contributed by atoms with E-state index in [2.05, 4.69) is 0 Å². The molecule has 0 unspecified atom stereocenters. The summed E-state index contributed by atoms with van der Waals surface area (Å²) in [5, 5.41) is 0. The van der Waals surface area contributed by atoms with Gasteiger partial charge in [0.15, 0.2) is 0 Å². The summed E-state index contributed by atoms with van der Waals surface area (Å²) in [6.07, 6.45) is 2.62. The van der Waals surface area contributed by atoms with E-state index >= 15 is 0 Å². The molecular weight excluding hydrogens is 305 g/mol. The maximum absolute atomic E-state index is 12.4. The number of ether oxygens (including phenoxy) is 1. The number of hydrogen-bond donors (Lipinski definition) is 0. The molecule has 0 radical (unpaired) electrons. The molecule has 124 valence electrons. The minimum absolute atomic E-state index is 0.273. The smallest absolute Gasteiger partial charge is 0.418 e. The summed E-state index contributed by atoms with van der Waals surface area (Å²) in [7, 11) is -3.30. The molecule has 0 spiro atoms. The zero-order valence-electron chi connectivity index (χ0n) is 13.7. The summed E-state index contributed by atoms with van der Waals surface area (Å²) < 4.78 is 29.3. The fourth-order valence-electron chi connectivity index (χ4n) is 1.66. The number of hydrogen-bond acceptors (Lipinski definition) is 5. The molecule has 0 atom stereocenters. The number of aromatic nitrogens is 1. The molecule has 1 rings (SSSR count). The van der Waals surface area contributed by atoms with Crippen LogP contribution in [0.25, 0.3) is 6.08 Å². The van der Waals surface area contributed by atoms with Crippen LogP contribution in [-0.4, -0.2) is 29.5 Å². The molecule has 22 heavy (non-hydrogen) atoms. The first-order chi connectivity index (χ1) is 10.2. The van der Waals surface area contributed by atoms with Crippen LogP contribution in [0.4, 0.5) is 4.79 Å². The van der Waals surface area contributed by atoms with Gasteiger partial charge in [0.25, 0.3) is 0 Å². The molecule has 1 heterocycles. The third-order valence-corrected chi connectivity index (χ3v) is 4.17. The predicted molar refractivity (Wildman–Crippen MR) is 86.0 cm³/mol. The van der Waals surface area contributed by atoms with Gasteiger partial charge >= 0.3 is 13.7 Å². The van der Waals surface area contributed by atoms with Crippen molar-refractivity contribution in [3.63, 3.8) is 0 Å². The number of carbonyl (C=O) groups is 1. The van der Waals surface area contributed by atoms with E-state index in [1.165, 1.54) is 16.5 Å². The van der Waals surface area contributed by atoms with Gasteiger partial charge in [-0.1, -0.05) is 0 Å². The molecule has 0 fully saturated rings. The lowest BCUT2D eigenvalue weighted by molar-refractivity contribution is 0.0536.